The van der Waals surface area contributed by atoms with Crippen molar-refractivity contribution in [3.05, 3.63) is 24.2 Å². The van der Waals surface area contributed by atoms with Crippen LogP contribution in [0.2, 0.25) is 0 Å². The molecule has 0 bridgehead atoms. The van der Waals surface area contributed by atoms with Gasteiger partial charge >= 0.3 is 0 Å². The maximum Gasteiger partial charge on any atom is 0.117 e. The van der Waals surface area contributed by atoms with Gasteiger partial charge in [-0.15, -0.1) is 0 Å². The minimum absolute atomic E-state index is 0.178. The number of ether oxygens (including phenoxy) is 1. The summed E-state index contributed by atoms with van der Waals surface area (Å²) in [5, 5.41) is 0. The van der Waals surface area contributed by atoms with E-state index in [0.717, 1.165) is 38.4 Å². The third-order valence-electron chi connectivity index (χ3n) is 3.08. The van der Waals surface area contributed by atoms with E-state index < -0.39 is 0 Å². The highest BCUT2D eigenvalue weighted by molar-refractivity contribution is 4.99. The molecule has 2 heterocycles. The molecule has 0 aromatic carbocycles. The van der Waals surface area contributed by atoms with Gasteiger partial charge in [0.15, 0.2) is 0 Å². The van der Waals surface area contributed by atoms with E-state index in [2.05, 4.69) is 11.8 Å². The molecule has 1 unspecified atom stereocenters. The summed E-state index contributed by atoms with van der Waals surface area (Å²) >= 11 is 0. The molecule has 1 fully saturated rings. The number of likely N-dealkylation sites (N-methyl/N-ethyl adjacent to an activating group) is 1. The van der Waals surface area contributed by atoms with Crippen molar-refractivity contribution < 1.29 is 9.15 Å². The summed E-state index contributed by atoms with van der Waals surface area (Å²) in [4.78, 5) is 2.30. The van der Waals surface area contributed by atoms with Crippen LogP contribution in [0.25, 0.3) is 0 Å². The fraction of sp³-hybridized carbons (Fsp3) is 0.667. The fourth-order valence-corrected chi connectivity index (χ4v) is 2.10. The average Bonchev–Trinajstić information content (AvgIpc) is 2.89. The SMILES string of the molecule is CCN(Cc1ccco1)CC1(N)CCOC1. The molecule has 1 atom stereocenters. The van der Waals surface area contributed by atoms with Crippen molar-refractivity contribution in [1.29, 1.82) is 0 Å². The Hall–Kier alpha value is -0.840. The minimum Gasteiger partial charge on any atom is -0.468 e. The number of nitrogens with two attached hydrogens (primary N) is 1. The van der Waals surface area contributed by atoms with Gasteiger partial charge in [0.1, 0.15) is 5.76 Å². The van der Waals surface area contributed by atoms with E-state index in [4.69, 9.17) is 14.9 Å². The second-order valence-corrected chi connectivity index (χ2v) is 4.55. The number of furan rings is 1. The first-order valence-electron chi connectivity index (χ1n) is 5.83. The van der Waals surface area contributed by atoms with Gasteiger partial charge in [0.25, 0.3) is 0 Å². The van der Waals surface area contributed by atoms with E-state index in [-0.39, 0.29) is 5.54 Å². The van der Waals surface area contributed by atoms with Crippen LogP contribution in [-0.2, 0) is 11.3 Å². The normalized spacial score (nSPS) is 25.4. The molecular formula is C12H20N2O2. The second-order valence-electron chi connectivity index (χ2n) is 4.55. The molecule has 1 saturated heterocycles. The van der Waals surface area contributed by atoms with Crippen LogP contribution in [0.4, 0.5) is 0 Å². The maximum atomic E-state index is 6.27. The van der Waals surface area contributed by atoms with Crippen LogP contribution in [0.5, 0.6) is 0 Å². The molecule has 1 aromatic heterocycles. The first-order chi connectivity index (χ1) is 7.72. The van der Waals surface area contributed by atoms with Crippen molar-refractivity contribution in [1.82, 2.24) is 4.90 Å². The van der Waals surface area contributed by atoms with Gasteiger partial charge in [0.05, 0.1) is 25.0 Å². The summed E-state index contributed by atoms with van der Waals surface area (Å²) in [5.74, 6) is 0.990. The van der Waals surface area contributed by atoms with E-state index in [1.165, 1.54) is 0 Å². The lowest BCUT2D eigenvalue weighted by molar-refractivity contribution is 0.148. The first-order valence-corrected chi connectivity index (χ1v) is 5.83. The van der Waals surface area contributed by atoms with Crippen molar-refractivity contribution >= 4 is 0 Å². The molecule has 4 nitrogen and oxygen atoms in total. The van der Waals surface area contributed by atoms with Crippen LogP contribution in [0.1, 0.15) is 19.1 Å². The highest BCUT2D eigenvalue weighted by Crippen LogP contribution is 2.18. The highest BCUT2D eigenvalue weighted by atomic mass is 16.5. The summed E-state index contributed by atoms with van der Waals surface area (Å²) in [6, 6.07) is 3.91. The molecule has 0 saturated carbocycles. The van der Waals surface area contributed by atoms with Crippen molar-refractivity contribution in [2.24, 2.45) is 5.73 Å². The molecule has 4 heteroatoms. The van der Waals surface area contributed by atoms with E-state index >= 15 is 0 Å². The smallest absolute Gasteiger partial charge is 0.117 e. The second kappa shape index (κ2) is 4.99. The number of hydrogen-bond acceptors (Lipinski definition) is 4. The molecule has 0 spiro atoms. The Morgan fingerprint density at radius 2 is 2.44 bits per heavy atom. The van der Waals surface area contributed by atoms with Gasteiger partial charge in [0, 0.05) is 13.2 Å². The number of hydrogen-bond donors (Lipinski definition) is 1. The lowest BCUT2D eigenvalue weighted by Gasteiger charge is -2.29. The van der Waals surface area contributed by atoms with Crippen LogP contribution in [0, 0.1) is 0 Å². The molecule has 2 N–H and O–H groups in total. The molecule has 0 amide bonds. The number of rotatable bonds is 5. The minimum atomic E-state index is -0.178. The van der Waals surface area contributed by atoms with Gasteiger partial charge in [0.2, 0.25) is 0 Å². The molecule has 1 aliphatic heterocycles. The highest BCUT2D eigenvalue weighted by Gasteiger charge is 2.32. The maximum absolute atomic E-state index is 6.27. The number of nitrogens with zero attached hydrogens (tertiary/aromatic N) is 1. The molecule has 0 radical (unpaired) electrons. The zero-order chi connectivity index (χ0) is 11.4. The van der Waals surface area contributed by atoms with Gasteiger partial charge in [-0.2, -0.15) is 0 Å². The fourth-order valence-electron chi connectivity index (χ4n) is 2.10. The van der Waals surface area contributed by atoms with Crippen LogP contribution >= 0.6 is 0 Å². The average molecular weight is 224 g/mol. The summed E-state index contributed by atoms with van der Waals surface area (Å²) in [7, 11) is 0. The van der Waals surface area contributed by atoms with Crippen molar-refractivity contribution in [2.45, 2.75) is 25.4 Å². The third kappa shape index (κ3) is 2.84. The van der Waals surface area contributed by atoms with E-state index in [1.54, 1.807) is 6.26 Å². The monoisotopic (exact) mass is 224 g/mol. The van der Waals surface area contributed by atoms with E-state index in [9.17, 15) is 0 Å². The van der Waals surface area contributed by atoms with E-state index in [1.807, 2.05) is 12.1 Å². The molecular weight excluding hydrogens is 204 g/mol. The standard InChI is InChI=1S/C12H20N2O2/c1-2-14(8-11-4-3-6-16-11)9-12(13)5-7-15-10-12/h3-4,6H,2,5,7-10,13H2,1H3. The van der Waals surface area contributed by atoms with Crippen LogP contribution in [0.15, 0.2) is 22.8 Å². The molecule has 1 aromatic rings. The van der Waals surface area contributed by atoms with Crippen molar-refractivity contribution in [3.63, 3.8) is 0 Å². The van der Waals surface area contributed by atoms with Crippen molar-refractivity contribution in [3.8, 4) is 0 Å². The molecule has 1 aliphatic rings. The first kappa shape index (κ1) is 11.6. The Labute approximate surface area is 96.4 Å². The zero-order valence-corrected chi connectivity index (χ0v) is 9.82. The molecule has 16 heavy (non-hydrogen) atoms. The third-order valence-corrected chi connectivity index (χ3v) is 3.08. The lowest BCUT2D eigenvalue weighted by atomic mass is 9.99. The largest absolute Gasteiger partial charge is 0.468 e. The molecule has 90 valence electrons. The lowest BCUT2D eigenvalue weighted by Crippen LogP contribution is -2.50. The van der Waals surface area contributed by atoms with Crippen molar-refractivity contribution in [2.75, 3.05) is 26.3 Å². The van der Waals surface area contributed by atoms with Gasteiger partial charge < -0.3 is 14.9 Å². The summed E-state index contributed by atoms with van der Waals surface area (Å²) in [6.45, 7) is 6.25. The summed E-state index contributed by atoms with van der Waals surface area (Å²) in [6.07, 6.45) is 2.65. The van der Waals surface area contributed by atoms with Gasteiger partial charge in [-0.25, -0.2) is 0 Å². The Morgan fingerprint density at radius 1 is 1.56 bits per heavy atom. The van der Waals surface area contributed by atoms with Gasteiger partial charge in [-0.3, -0.25) is 4.90 Å². The van der Waals surface area contributed by atoms with Crippen LogP contribution in [-0.4, -0.2) is 36.7 Å². The summed E-state index contributed by atoms with van der Waals surface area (Å²) in [5.41, 5.74) is 6.09. The predicted molar refractivity (Wildman–Crippen MR) is 62.0 cm³/mol. The Morgan fingerprint density at radius 3 is 3.00 bits per heavy atom. The van der Waals surface area contributed by atoms with Gasteiger partial charge in [-0.05, 0) is 25.1 Å². The quantitative estimate of drug-likeness (QED) is 0.817. The van der Waals surface area contributed by atoms with E-state index in [0.29, 0.717) is 6.61 Å². The Bertz CT molecular complexity index is 305. The Kier molecular flexibility index (Phi) is 3.63. The predicted octanol–water partition coefficient (Wildman–Crippen LogP) is 1.22. The van der Waals surface area contributed by atoms with Gasteiger partial charge in [-0.1, -0.05) is 6.92 Å². The van der Waals surface area contributed by atoms with Crippen LogP contribution < -0.4 is 5.73 Å². The van der Waals surface area contributed by atoms with Crippen LogP contribution in [0.3, 0.4) is 0 Å². The molecule has 0 aliphatic carbocycles. The molecule has 2 rings (SSSR count). The Balaban J connectivity index is 1.90. The zero-order valence-electron chi connectivity index (χ0n) is 9.82. The topological polar surface area (TPSA) is 51.6 Å². The summed E-state index contributed by atoms with van der Waals surface area (Å²) < 4.78 is 10.7.